The first-order chi connectivity index (χ1) is 12.0. The number of benzene rings is 1. The highest BCUT2D eigenvalue weighted by molar-refractivity contribution is 5.98. The quantitative estimate of drug-likeness (QED) is 0.626. The summed E-state index contributed by atoms with van der Waals surface area (Å²) in [5, 5.41) is 5.19. The summed E-state index contributed by atoms with van der Waals surface area (Å²) in [6, 6.07) is 6.78. The zero-order chi connectivity index (χ0) is 18.7. The van der Waals surface area contributed by atoms with Crippen LogP contribution in [0.2, 0.25) is 0 Å². The van der Waals surface area contributed by atoms with Crippen LogP contribution in [0, 0.1) is 0 Å². The van der Waals surface area contributed by atoms with E-state index in [1.54, 1.807) is 24.3 Å². The molecule has 0 spiro atoms. The molecule has 25 heavy (non-hydrogen) atoms. The molecule has 0 aliphatic rings. The second-order valence-electron chi connectivity index (χ2n) is 5.53. The summed E-state index contributed by atoms with van der Waals surface area (Å²) in [6.45, 7) is 5.47. The number of rotatable bonds is 10. The summed E-state index contributed by atoms with van der Waals surface area (Å²) in [5.41, 5.74) is 0.336. The van der Waals surface area contributed by atoms with E-state index in [0.717, 1.165) is 12.8 Å². The number of para-hydroxylation sites is 1. The molecule has 7 heteroatoms. The lowest BCUT2D eigenvalue weighted by atomic mass is 10.2. The number of amides is 2. The van der Waals surface area contributed by atoms with Crippen molar-refractivity contribution in [2.75, 3.05) is 19.8 Å². The minimum absolute atomic E-state index is 0.0333. The number of hydrogen-bond donors (Lipinski definition) is 2. The largest absolute Gasteiger partial charge is 0.493 e. The molecule has 1 rings (SSSR count). The van der Waals surface area contributed by atoms with Gasteiger partial charge in [0, 0.05) is 6.04 Å². The van der Waals surface area contributed by atoms with Crippen molar-refractivity contribution >= 4 is 17.8 Å². The van der Waals surface area contributed by atoms with Crippen molar-refractivity contribution in [3.63, 3.8) is 0 Å². The van der Waals surface area contributed by atoms with E-state index < -0.39 is 11.9 Å². The molecule has 0 aromatic heterocycles. The van der Waals surface area contributed by atoms with E-state index in [1.165, 1.54) is 0 Å². The average molecular weight is 350 g/mol. The molecule has 2 amide bonds. The van der Waals surface area contributed by atoms with Gasteiger partial charge in [0.15, 0.2) is 6.61 Å². The highest BCUT2D eigenvalue weighted by Crippen LogP contribution is 2.17. The van der Waals surface area contributed by atoms with Crippen LogP contribution >= 0.6 is 0 Å². The Morgan fingerprint density at radius 1 is 1.16 bits per heavy atom. The highest BCUT2D eigenvalue weighted by atomic mass is 16.5. The Balaban J connectivity index is 2.39. The van der Waals surface area contributed by atoms with E-state index in [0.29, 0.717) is 17.9 Å². The van der Waals surface area contributed by atoms with Gasteiger partial charge in [-0.25, -0.2) is 0 Å². The maximum Gasteiger partial charge on any atom is 0.325 e. The molecule has 0 saturated heterocycles. The van der Waals surface area contributed by atoms with Crippen molar-refractivity contribution in [1.82, 2.24) is 10.6 Å². The van der Waals surface area contributed by atoms with Gasteiger partial charge in [0.1, 0.15) is 12.3 Å². The topological polar surface area (TPSA) is 93.7 Å². The van der Waals surface area contributed by atoms with Crippen LogP contribution in [-0.2, 0) is 14.3 Å². The van der Waals surface area contributed by atoms with Gasteiger partial charge in [-0.1, -0.05) is 25.5 Å². The third-order valence-electron chi connectivity index (χ3n) is 3.32. The molecule has 0 radical (unpaired) electrons. The van der Waals surface area contributed by atoms with Crippen molar-refractivity contribution in [3.8, 4) is 5.75 Å². The Morgan fingerprint density at radius 3 is 2.56 bits per heavy atom. The van der Waals surface area contributed by atoms with E-state index in [-0.39, 0.29) is 25.1 Å². The first kappa shape index (κ1) is 20.5. The minimum Gasteiger partial charge on any atom is -0.493 e. The van der Waals surface area contributed by atoms with E-state index in [2.05, 4.69) is 10.6 Å². The van der Waals surface area contributed by atoms with Gasteiger partial charge < -0.3 is 20.1 Å². The number of ether oxygens (including phenoxy) is 2. The van der Waals surface area contributed by atoms with Gasteiger partial charge in [-0.2, -0.15) is 0 Å². The van der Waals surface area contributed by atoms with Crippen molar-refractivity contribution in [2.24, 2.45) is 0 Å². The van der Waals surface area contributed by atoms with Gasteiger partial charge in [-0.05, 0) is 32.4 Å². The molecule has 2 N–H and O–H groups in total. The lowest BCUT2D eigenvalue weighted by molar-refractivity contribution is -0.147. The summed E-state index contributed by atoms with van der Waals surface area (Å²) in [5.74, 6) is -1.04. The molecular weight excluding hydrogens is 324 g/mol. The van der Waals surface area contributed by atoms with Crippen molar-refractivity contribution in [1.29, 1.82) is 0 Å². The molecule has 1 aromatic carbocycles. The van der Waals surface area contributed by atoms with Crippen LogP contribution in [0.4, 0.5) is 0 Å². The second kappa shape index (κ2) is 11.1. The van der Waals surface area contributed by atoms with Crippen LogP contribution in [0.15, 0.2) is 24.3 Å². The van der Waals surface area contributed by atoms with Gasteiger partial charge in [0.25, 0.3) is 11.8 Å². The molecule has 0 heterocycles. The smallest absolute Gasteiger partial charge is 0.325 e. The fourth-order valence-electron chi connectivity index (χ4n) is 2.20. The summed E-state index contributed by atoms with van der Waals surface area (Å²) < 4.78 is 10.2. The fraction of sp³-hybridized carbons (Fsp3) is 0.500. The summed E-state index contributed by atoms with van der Waals surface area (Å²) in [7, 11) is 0. The summed E-state index contributed by atoms with van der Waals surface area (Å²) in [4.78, 5) is 35.4. The van der Waals surface area contributed by atoms with Crippen LogP contribution in [0.25, 0.3) is 0 Å². The number of hydrogen-bond acceptors (Lipinski definition) is 5. The van der Waals surface area contributed by atoms with Crippen molar-refractivity contribution < 1.29 is 23.9 Å². The molecule has 7 nitrogen and oxygen atoms in total. The van der Waals surface area contributed by atoms with E-state index in [4.69, 9.17) is 9.47 Å². The van der Waals surface area contributed by atoms with Crippen LogP contribution in [0.3, 0.4) is 0 Å². The molecule has 0 bridgehead atoms. The number of carbonyl (C=O) groups is 3. The van der Waals surface area contributed by atoms with Gasteiger partial charge >= 0.3 is 5.97 Å². The molecule has 138 valence electrons. The first-order valence-electron chi connectivity index (χ1n) is 8.42. The number of esters is 1. The lowest BCUT2D eigenvalue weighted by Crippen LogP contribution is -2.37. The molecule has 0 saturated carbocycles. The SMILES string of the molecule is CCC[C@@H](C)NC(=O)COC(=O)CNC(=O)c1ccccc1OCC. The summed E-state index contributed by atoms with van der Waals surface area (Å²) >= 11 is 0. The number of carbonyl (C=O) groups excluding carboxylic acids is 3. The van der Waals surface area contributed by atoms with Gasteiger partial charge in [0.05, 0.1) is 12.2 Å². The van der Waals surface area contributed by atoms with Crippen LogP contribution in [0.5, 0.6) is 5.75 Å². The van der Waals surface area contributed by atoms with Gasteiger partial charge in [-0.3, -0.25) is 14.4 Å². The van der Waals surface area contributed by atoms with Crippen LogP contribution in [-0.4, -0.2) is 43.6 Å². The maximum absolute atomic E-state index is 12.1. The molecule has 0 fully saturated rings. The molecule has 1 aromatic rings. The zero-order valence-electron chi connectivity index (χ0n) is 15.0. The summed E-state index contributed by atoms with van der Waals surface area (Å²) in [6.07, 6.45) is 1.81. The predicted octanol–water partition coefficient (Wildman–Crippen LogP) is 1.66. The lowest BCUT2D eigenvalue weighted by Gasteiger charge is -2.13. The maximum atomic E-state index is 12.1. The zero-order valence-corrected chi connectivity index (χ0v) is 15.0. The standard InChI is InChI=1S/C18H26N2O5/c1-4-8-13(3)20-16(21)12-25-17(22)11-19-18(23)14-9-6-7-10-15(14)24-5-2/h6-7,9-10,13H,4-5,8,11-12H2,1-3H3,(H,19,23)(H,20,21)/t13-/m1/s1. The number of nitrogens with one attached hydrogen (secondary N) is 2. The van der Waals surface area contributed by atoms with Gasteiger partial charge in [-0.15, -0.1) is 0 Å². The third-order valence-corrected chi connectivity index (χ3v) is 3.32. The Hall–Kier alpha value is -2.57. The molecule has 1 atom stereocenters. The fourth-order valence-corrected chi connectivity index (χ4v) is 2.20. The molecule has 0 aliphatic carbocycles. The van der Waals surface area contributed by atoms with E-state index >= 15 is 0 Å². The van der Waals surface area contributed by atoms with Crippen molar-refractivity contribution in [2.45, 2.75) is 39.7 Å². The molecule has 0 aliphatic heterocycles. The Kier molecular flexibility index (Phi) is 9.06. The molecular formula is C18H26N2O5. The third kappa shape index (κ3) is 7.69. The van der Waals surface area contributed by atoms with Gasteiger partial charge in [0.2, 0.25) is 0 Å². The second-order valence-corrected chi connectivity index (χ2v) is 5.53. The van der Waals surface area contributed by atoms with Crippen LogP contribution < -0.4 is 15.4 Å². The first-order valence-corrected chi connectivity index (χ1v) is 8.42. The predicted molar refractivity (Wildman–Crippen MR) is 93.4 cm³/mol. The highest BCUT2D eigenvalue weighted by Gasteiger charge is 2.14. The van der Waals surface area contributed by atoms with Crippen LogP contribution in [0.1, 0.15) is 44.0 Å². The van der Waals surface area contributed by atoms with E-state index in [9.17, 15) is 14.4 Å². The Morgan fingerprint density at radius 2 is 1.88 bits per heavy atom. The average Bonchev–Trinajstić information content (AvgIpc) is 2.58. The van der Waals surface area contributed by atoms with E-state index in [1.807, 2.05) is 20.8 Å². The Labute approximate surface area is 148 Å². The molecule has 0 unspecified atom stereocenters. The Bertz CT molecular complexity index is 589. The normalized spacial score (nSPS) is 11.3. The monoisotopic (exact) mass is 350 g/mol. The van der Waals surface area contributed by atoms with Crippen molar-refractivity contribution in [3.05, 3.63) is 29.8 Å². The minimum atomic E-state index is -0.680.